The van der Waals surface area contributed by atoms with Gasteiger partial charge in [-0.3, -0.25) is 10.1 Å². The number of carbonyl (C=O) groups excluding carboxylic acids is 1. The first-order valence-corrected chi connectivity index (χ1v) is 8.47. The summed E-state index contributed by atoms with van der Waals surface area (Å²) in [6.45, 7) is 5.19. The van der Waals surface area contributed by atoms with Gasteiger partial charge in [0.15, 0.2) is 5.13 Å². The number of anilines is 1. The highest BCUT2D eigenvalue weighted by atomic mass is 32.1. The number of aryl methyl sites for hydroxylation is 1. The predicted octanol–water partition coefficient (Wildman–Crippen LogP) is 3.10. The van der Waals surface area contributed by atoms with Gasteiger partial charge in [0.1, 0.15) is 4.88 Å². The van der Waals surface area contributed by atoms with Crippen LogP contribution in [0.2, 0.25) is 0 Å². The summed E-state index contributed by atoms with van der Waals surface area (Å²) in [6, 6.07) is 4.98. The second-order valence-electron chi connectivity index (χ2n) is 5.51. The third kappa shape index (κ3) is 3.09. The van der Waals surface area contributed by atoms with Gasteiger partial charge in [0, 0.05) is 25.2 Å². The molecule has 0 unspecified atom stereocenters. The van der Waals surface area contributed by atoms with Gasteiger partial charge in [-0.15, -0.1) is 0 Å². The van der Waals surface area contributed by atoms with Gasteiger partial charge in [-0.2, -0.15) is 0 Å². The SMILES string of the molecule is CCOC(=O)c1sc(N2CCc3ccc([N+](=O)[O-])cc3C2)nc1C. The minimum absolute atomic E-state index is 0.0955. The molecular formula is C16H17N3O4S. The molecule has 24 heavy (non-hydrogen) atoms. The van der Waals surface area contributed by atoms with Crippen LogP contribution in [0, 0.1) is 17.0 Å². The fourth-order valence-electron chi connectivity index (χ4n) is 2.72. The van der Waals surface area contributed by atoms with Crippen LogP contribution < -0.4 is 4.90 Å². The molecule has 0 fully saturated rings. The molecule has 126 valence electrons. The van der Waals surface area contributed by atoms with E-state index in [9.17, 15) is 14.9 Å². The van der Waals surface area contributed by atoms with E-state index < -0.39 is 0 Å². The highest BCUT2D eigenvalue weighted by molar-refractivity contribution is 7.17. The molecule has 2 heterocycles. The fourth-order valence-corrected chi connectivity index (χ4v) is 3.71. The Labute approximate surface area is 143 Å². The van der Waals surface area contributed by atoms with Gasteiger partial charge in [-0.25, -0.2) is 9.78 Å². The number of nitro benzene ring substituents is 1. The van der Waals surface area contributed by atoms with Crippen LogP contribution in [0.3, 0.4) is 0 Å². The van der Waals surface area contributed by atoms with Gasteiger partial charge in [-0.05, 0) is 31.4 Å². The van der Waals surface area contributed by atoms with Crippen molar-refractivity contribution in [2.45, 2.75) is 26.8 Å². The maximum Gasteiger partial charge on any atom is 0.350 e. The Balaban J connectivity index is 1.85. The molecule has 0 saturated carbocycles. The van der Waals surface area contributed by atoms with Crippen molar-refractivity contribution in [2.24, 2.45) is 0 Å². The molecular weight excluding hydrogens is 330 g/mol. The zero-order chi connectivity index (χ0) is 17.3. The largest absolute Gasteiger partial charge is 0.462 e. The molecule has 3 rings (SSSR count). The molecule has 8 heteroatoms. The lowest BCUT2D eigenvalue weighted by atomic mass is 9.99. The number of non-ortho nitro benzene ring substituents is 1. The minimum atomic E-state index is -0.383. The maximum atomic E-state index is 11.9. The molecule has 1 aliphatic rings. The first kappa shape index (κ1) is 16.4. The van der Waals surface area contributed by atoms with Crippen LogP contribution in [0.25, 0.3) is 0 Å². The van der Waals surface area contributed by atoms with Crippen molar-refractivity contribution >= 4 is 28.1 Å². The van der Waals surface area contributed by atoms with Crippen LogP contribution >= 0.6 is 11.3 Å². The van der Waals surface area contributed by atoms with Crippen LogP contribution in [-0.4, -0.2) is 29.0 Å². The van der Waals surface area contributed by atoms with Gasteiger partial charge in [0.05, 0.1) is 17.2 Å². The molecule has 0 spiro atoms. The van der Waals surface area contributed by atoms with E-state index in [1.165, 1.54) is 11.3 Å². The van der Waals surface area contributed by atoms with E-state index >= 15 is 0 Å². The summed E-state index contributed by atoms with van der Waals surface area (Å²) in [6.07, 6.45) is 0.792. The van der Waals surface area contributed by atoms with Crippen molar-refractivity contribution in [3.63, 3.8) is 0 Å². The Morgan fingerprint density at radius 3 is 2.96 bits per heavy atom. The molecule has 1 aliphatic heterocycles. The predicted molar refractivity (Wildman–Crippen MR) is 90.7 cm³/mol. The summed E-state index contributed by atoms with van der Waals surface area (Å²) < 4.78 is 5.05. The summed E-state index contributed by atoms with van der Waals surface area (Å²) in [7, 11) is 0. The van der Waals surface area contributed by atoms with E-state index in [-0.39, 0.29) is 16.6 Å². The monoisotopic (exact) mass is 347 g/mol. The Hall–Kier alpha value is -2.48. The number of rotatable bonds is 4. The molecule has 1 aromatic carbocycles. The number of esters is 1. The van der Waals surface area contributed by atoms with Gasteiger partial charge >= 0.3 is 5.97 Å². The quantitative estimate of drug-likeness (QED) is 0.480. The van der Waals surface area contributed by atoms with Crippen LogP contribution in [0.1, 0.15) is 33.4 Å². The number of hydrogen-bond donors (Lipinski definition) is 0. The third-order valence-electron chi connectivity index (χ3n) is 3.93. The normalized spacial score (nSPS) is 13.5. The number of thiazole rings is 1. The topological polar surface area (TPSA) is 85.6 Å². The standard InChI is InChI=1S/C16H17N3O4S/c1-3-23-15(20)14-10(2)17-16(24-14)18-7-6-11-4-5-13(19(21)22)8-12(11)9-18/h4-5,8H,3,6-7,9H2,1-2H3. The minimum Gasteiger partial charge on any atom is -0.462 e. The molecule has 0 radical (unpaired) electrons. The Bertz CT molecular complexity index is 803. The van der Waals surface area contributed by atoms with Crippen molar-refractivity contribution in [3.8, 4) is 0 Å². The number of carbonyl (C=O) groups is 1. The van der Waals surface area contributed by atoms with E-state index in [4.69, 9.17) is 4.74 Å². The molecule has 2 aromatic rings. The zero-order valence-electron chi connectivity index (χ0n) is 13.4. The maximum absolute atomic E-state index is 11.9. The molecule has 0 amide bonds. The second-order valence-corrected chi connectivity index (χ2v) is 6.49. The molecule has 0 aliphatic carbocycles. The van der Waals surface area contributed by atoms with Crippen molar-refractivity contribution < 1.29 is 14.5 Å². The average Bonchev–Trinajstić information content (AvgIpc) is 2.96. The summed E-state index contributed by atoms with van der Waals surface area (Å²) in [5.74, 6) is -0.355. The average molecular weight is 347 g/mol. The lowest BCUT2D eigenvalue weighted by Crippen LogP contribution is -2.30. The number of nitro groups is 1. The number of fused-ring (bicyclic) bond motifs is 1. The Kier molecular flexibility index (Phi) is 4.48. The van der Waals surface area contributed by atoms with E-state index in [1.54, 1.807) is 26.0 Å². The van der Waals surface area contributed by atoms with E-state index in [1.807, 2.05) is 11.0 Å². The molecule has 0 bridgehead atoms. The van der Waals surface area contributed by atoms with E-state index in [0.29, 0.717) is 23.7 Å². The Morgan fingerprint density at radius 2 is 2.25 bits per heavy atom. The van der Waals surface area contributed by atoms with E-state index in [0.717, 1.165) is 29.2 Å². The van der Waals surface area contributed by atoms with Crippen LogP contribution in [-0.2, 0) is 17.7 Å². The number of benzene rings is 1. The van der Waals surface area contributed by atoms with Gasteiger partial charge in [-0.1, -0.05) is 17.4 Å². The van der Waals surface area contributed by atoms with Crippen LogP contribution in [0.5, 0.6) is 0 Å². The highest BCUT2D eigenvalue weighted by Crippen LogP contribution is 2.31. The summed E-state index contributed by atoms with van der Waals surface area (Å²) >= 11 is 1.31. The van der Waals surface area contributed by atoms with Crippen molar-refractivity contribution in [1.29, 1.82) is 0 Å². The molecule has 7 nitrogen and oxygen atoms in total. The molecule has 0 N–H and O–H groups in total. The number of hydrogen-bond acceptors (Lipinski definition) is 7. The molecule has 0 atom stereocenters. The first-order chi connectivity index (χ1) is 11.5. The second kappa shape index (κ2) is 6.56. The summed E-state index contributed by atoms with van der Waals surface area (Å²) in [5.41, 5.74) is 2.80. The van der Waals surface area contributed by atoms with E-state index in [2.05, 4.69) is 4.98 Å². The fraction of sp³-hybridized carbons (Fsp3) is 0.375. The lowest BCUT2D eigenvalue weighted by Gasteiger charge is -2.28. The van der Waals surface area contributed by atoms with Crippen LogP contribution in [0.15, 0.2) is 18.2 Å². The van der Waals surface area contributed by atoms with Crippen molar-refractivity contribution in [1.82, 2.24) is 4.98 Å². The number of aromatic nitrogens is 1. The summed E-state index contributed by atoms with van der Waals surface area (Å²) in [4.78, 5) is 29.5. The highest BCUT2D eigenvalue weighted by Gasteiger charge is 2.24. The molecule has 0 saturated heterocycles. The zero-order valence-corrected chi connectivity index (χ0v) is 14.3. The summed E-state index contributed by atoms with van der Waals surface area (Å²) in [5, 5.41) is 11.7. The van der Waals surface area contributed by atoms with Crippen LogP contribution in [0.4, 0.5) is 10.8 Å². The van der Waals surface area contributed by atoms with Gasteiger partial charge < -0.3 is 9.64 Å². The van der Waals surface area contributed by atoms with Gasteiger partial charge in [0.25, 0.3) is 5.69 Å². The third-order valence-corrected chi connectivity index (χ3v) is 5.13. The first-order valence-electron chi connectivity index (χ1n) is 7.65. The Morgan fingerprint density at radius 1 is 1.46 bits per heavy atom. The number of nitrogens with zero attached hydrogens (tertiary/aromatic N) is 3. The van der Waals surface area contributed by atoms with Crippen molar-refractivity contribution in [3.05, 3.63) is 50.0 Å². The van der Waals surface area contributed by atoms with Gasteiger partial charge in [0.2, 0.25) is 0 Å². The number of ether oxygens (including phenoxy) is 1. The van der Waals surface area contributed by atoms with Crippen molar-refractivity contribution in [2.75, 3.05) is 18.1 Å². The molecule has 1 aromatic heterocycles. The lowest BCUT2D eigenvalue weighted by molar-refractivity contribution is -0.384. The smallest absolute Gasteiger partial charge is 0.350 e.